The molecule has 0 aliphatic carbocycles. The standard InChI is InChI=1S/C39H50N2O14/c1-16-12-11-13-17(2)37(49)40-27-28(41-38(50)52-10)32(46)24-25(33(27)47)31(45)21(6)35-26(24)36(48)39(8,55-35)53-15-14-23(51-9)18(3)34(54-22(7)42)20(5)30(44)19(4)29(16)43/h11-16,18-20,23,29-30,34,43-47H,1-10H3,(H,40,49)(H,41,50)/b12-11+,15-14+,17-13-/t16-,18-,19-,20-,23+,29+,30+,34-,39+/m1/s1. The Morgan fingerprint density at radius 3 is 2.16 bits per heavy atom. The number of rotatable bonds is 3. The quantitative estimate of drug-likeness (QED) is 0.124. The van der Waals surface area contributed by atoms with Gasteiger partial charge in [0.2, 0.25) is 0 Å². The number of esters is 1. The van der Waals surface area contributed by atoms with Crippen LogP contribution in [0.2, 0.25) is 0 Å². The van der Waals surface area contributed by atoms with Crippen LogP contribution in [-0.2, 0) is 28.5 Å². The van der Waals surface area contributed by atoms with Gasteiger partial charge in [0.05, 0.1) is 42.6 Å². The minimum Gasteiger partial charge on any atom is -0.507 e. The first kappa shape index (κ1) is 42.4. The van der Waals surface area contributed by atoms with E-state index >= 15 is 0 Å². The average Bonchev–Trinajstić information content (AvgIpc) is 3.41. The highest BCUT2D eigenvalue weighted by molar-refractivity contribution is 6.24. The van der Waals surface area contributed by atoms with Gasteiger partial charge in [0, 0.05) is 61.2 Å². The zero-order valence-corrected chi connectivity index (χ0v) is 32.4. The predicted octanol–water partition coefficient (Wildman–Crippen LogP) is 4.93. The minimum atomic E-state index is -2.11. The summed E-state index contributed by atoms with van der Waals surface area (Å²) in [5, 5.41) is 61.2. The first-order valence-electron chi connectivity index (χ1n) is 17.6. The summed E-state index contributed by atoms with van der Waals surface area (Å²) < 4.78 is 28.0. The smallest absolute Gasteiger partial charge is 0.411 e. The second kappa shape index (κ2) is 16.6. The summed E-state index contributed by atoms with van der Waals surface area (Å²) in [6, 6.07) is 0. The highest BCUT2D eigenvalue weighted by Crippen LogP contribution is 2.57. The predicted molar refractivity (Wildman–Crippen MR) is 200 cm³/mol. The van der Waals surface area contributed by atoms with Gasteiger partial charge in [-0.05, 0) is 19.9 Å². The fourth-order valence-electron chi connectivity index (χ4n) is 7.00. The number of ketones is 1. The molecule has 3 heterocycles. The zero-order chi connectivity index (χ0) is 41.3. The Morgan fingerprint density at radius 1 is 0.909 bits per heavy atom. The van der Waals surface area contributed by atoms with Crippen molar-refractivity contribution in [1.29, 1.82) is 0 Å². The third-order valence-electron chi connectivity index (χ3n) is 10.4. The third-order valence-corrected chi connectivity index (χ3v) is 10.4. The topological polar surface area (TPSA) is 240 Å². The van der Waals surface area contributed by atoms with Gasteiger partial charge in [-0.1, -0.05) is 45.9 Å². The molecule has 0 saturated heterocycles. The molecular formula is C39H50N2O14. The van der Waals surface area contributed by atoms with E-state index in [0.717, 1.165) is 13.4 Å². The summed E-state index contributed by atoms with van der Waals surface area (Å²) in [7, 11) is 2.45. The van der Waals surface area contributed by atoms with E-state index in [1.807, 2.05) is 0 Å². The van der Waals surface area contributed by atoms with E-state index < -0.39 is 117 Å². The summed E-state index contributed by atoms with van der Waals surface area (Å²) >= 11 is 0. The molecule has 0 aromatic heterocycles. The zero-order valence-electron chi connectivity index (χ0n) is 32.4. The van der Waals surface area contributed by atoms with Gasteiger partial charge in [0.25, 0.3) is 11.7 Å². The first-order valence-corrected chi connectivity index (χ1v) is 17.6. The van der Waals surface area contributed by atoms with E-state index in [1.165, 1.54) is 53.0 Å². The van der Waals surface area contributed by atoms with Gasteiger partial charge in [-0.3, -0.25) is 19.7 Å². The summed E-state index contributed by atoms with van der Waals surface area (Å²) in [5.41, 5.74) is -1.35. The fraction of sp³-hybridized carbons (Fsp3) is 0.487. The SMILES string of the molecule is COC(=O)Nc1c2c(O)c3c(O)c(C)c4c(c3c1O)C(=O)[C@@](C)(O/C=C/[C@H](OC)[C@@H](C)[C@@H](OC(C)=O)[C@H](C)[C@@H](O)[C@H](C)[C@@H](O)[C@H](C)/C=C/C=C(/C)C(=O)N2)O4. The molecule has 7 N–H and O–H groups in total. The number of nitrogens with one attached hydrogen (secondary N) is 2. The highest BCUT2D eigenvalue weighted by Gasteiger charge is 2.50. The molecule has 3 aliphatic heterocycles. The molecular weight excluding hydrogens is 720 g/mol. The van der Waals surface area contributed by atoms with Gasteiger partial charge >= 0.3 is 17.8 Å². The lowest BCUT2D eigenvalue weighted by Gasteiger charge is -2.38. The molecule has 55 heavy (non-hydrogen) atoms. The number of fused-ring (bicyclic) bond motifs is 14. The van der Waals surface area contributed by atoms with Crippen LogP contribution in [0.3, 0.4) is 0 Å². The van der Waals surface area contributed by atoms with Crippen molar-refractivity contribution >= 4 is 45.9 Å². The van der Waals surface area contributed by atoms with Crippen LogP contribution in [0.1, 0.15) is 64.4 Å². The number of aromatic hydroxyl groups is 3. The molecule has 3 aliphatic rings. The number of hydrogen-bond acceptors (Lipinski definition) is 14. The van der Waals surface area contributed by atoms with Crippen molar-refractivity contribution in [1.82, 2.24) is 0 Å². The average molecular weight is 771 g/mol. The number of allylic oxidation sites excluding steroid dienone is 2. The number of benzene rings is 2. The van der Waals surface area contributed by atoms with Crippen molar-refractivity contribution in [2.45, 2.75) is 85.6 Å². The van der Waals surface area contributed by atoms with Crippen molar-refractivity contribution < 1.29 is 68.4 Å². The molecule has 16 nitrogen and oxygen atoms in total. The summed E-state index contributed by atoms with van der Waals surface area (Å²) in [6.07, 6.45) is 2.02. The molecule has 0 radical (unpaired) electrons. The molecule has 16 heteroatoms. The maximum Gasteiger partial charge on any atom is 0.411 e. The Labute approximate surface area is 318 Å². The minimum absolute atomic E-state index is 0.0229. The van der Waals surface area contributed by atoms with Crippen LogP contribution in [0.25, 0.3) is 10.8 Å². The fourth-order valence-corrected chi connectivity index (χ4v) is 7.00. The normalized spacial score (nSPS) is 31.1. The first-order chi connectivity index (χ1) is 25.7. The summed E-state index contributed by atoms with van der Waals surface area (Å²) in [4.78, 5) is 52.4. The van der Waals surface area contributed by atoms with Crippen LogP contribution in [0.4, 0.5) is 16.2 Å². The van der Waals surface area contributed by atoms with Gasteiger partial charge in [0.1, 0.15) is 34.7 Å². The molecule has 0 spiro atoms. The lowest BCUT2D eigenvalue weighted by atomic mass is 9.78. The largest absolute Gasteiger partial charge is 0.507 e. The van der Waals surface area contributed by atoms with Crippen LogP contribution in [-0.4, -0.2) is 93.7 Å². The number of aliphatic hydroxyl groups excluding tert-OH is 2. The monoisotopic (exact) mass is 770 g/mol. The Hall–Kier alpha value is -5.32. The molecule has 2 aromatic rings. The number of amides is 2. The number of phenolic OH excluding ortho intramolecular Hbond substituents is 3. The Balaban J connectivity index is 1.97. The van der Waals surface area contributed by atoms with E-state index in [-0.39, 0.29) is 22.4 Å². The number of carbonyl (C=O) groups is 4. The second-order valence-corrected chi connectivity index (χ2v) is 14.2. The number of ether oxygens (including phenoxy) is 5. The van der Waals surface area contributed by atoms with Crippen LogP contribution in [0.5, 0.6) is 23.0 Å². The second-order valence-electron chi connectivity index (χ2n) is 14.2. The number of carbonyl (C=O) groups excluding carboxylic acids is 4. The maximum absolute atomic E-state index is 14.2. The van der Waals surface area contributed by atoms with Crippen LogP contribution >= 0.6 is 0 Å². The molecule has 5 bridgehead atoms. The molecule has 0 fully saturated rings. The van der Waals surface area contributed by atoms with Crippen molar-refractivity contribution in [3.05, 3.63) is 47.3 Å². The highest BCUT2D eigenvalue weighted by atomic mass is 16.7. The van der Waals surface area contributed by atoms with Crippen LogP contribution in [0, 0.1) is 30.6 Å². The lowest BCUT2D eigenvalue weighted by Crippen LogP contribution is -2.46. The van der Waals surface area contributed by atoms with E-state index in [9.17, 15) is 44.7 Å². The number of phenols is 3. The van der Waals surface area contributed by atoms with Crippen molar-refractivity contribution in [3.8, 4) is 23.0 Å². The van der Waals surface area contributed by atoms with Crippen molar-refractivity contribution in [2.24, 2.45) is 23.7 Å². The lowest BCUT2D eigenvalue weighted by molar-refractivity contribution is -0.160. The molecule has 2 aromatic carbocycles. The molecule has 5 rings (SSSR count). The Morgan fingerprint density at radius 2 is 1.56 bits per heavy atom. The number of anilines is 2. The molecule has 0 saturated carbocycles. The maximum atomic E-state index is 14.2. The van der Waals surface area contributed by atoms with E-state index in [1.54, 1.807) is 33.8 Å². The molecule has 9 atom stereocenters. The van der Waals surface area contributed by atoms with Crippen LogP contribution < -0.4 is 15.4 Å². The Bertz CT molecular complexity index is 1950. The van der Waals surface area contributed by atoms with E-state index in [2.05, 4.69) is 10.6 Å². The van der Waals surface area contributed by atoms with Gasteiger partial charge in [0.15, 0.2) is 5.75 Å². The number of aliphatic hydroxyl groups is 2. The van der Waals surface area contributed by atoms with E-state index in [4.69, 9.17) is 23.7 Å². The van der Waals surface area contributed by atoms with Crippen molar-refractivity contribution in [2.75, 3.05) is 24.9 Å². The van der Waals surface area contributed by atoms with Crippen LogP contribution in [0.15, 0.2) is 36.1 Å². The number of Topliss-reactive ketones (excluding diaryl/α,β-unsaturated/α-hetero) is 1. The van der Waals surface area contributed by atoms with E-state index in [0.29, 0.717) is 0 Å². The summed E-state index contributed by atoms with van der Waals surface area (Å²) in [6.45, 7) is 12.1. The van der Waals surface area contributed by atoms with Gasteiger partial charge in [-0.15, -0.1) is 0 Å². The number of methoxy groups -OCH3 is 2. The van der Waals surface area contributed by atoms with Gasteiger partial charge < -0.3 is 54.5 Å². The third kappa shape index (κ3) is 8.07. The Kier molecular flexibility index (Phi) is 12.8. The van der Waals surface area contributed by atoms with Crippen molar-refractivity contribution in [3.63, 3.8) is 0 Å². The summed E-state index contributed by atoms with van der Waals surface area (Å²) in [5.74, 6) is -9.42. The molecule has 2 amide bonds. The van der Waals surface area contributed by atoms with Gasteiger partial charge in [-0.25, -0.2) is 4.79 Å². The van der Waals surface area contributed by atoms with Gasteiger partial charge in [-0.2, -0.15) is 0 Å². The molecule has 0 unspecified atom stereocenters. The number of hydrogen-bond donors (Lipinski definition) is 7. The molecule has 300 valence electrons.